The number of nitrogens with zero attached hydrogens (tertiary/aromatic N) is 2. The highest BCUT2D eigenvalue weighted by Gasteiger charge is 2.14. The average molecular weight is 299 g/mol. The maximum Gasteiger partial charge on any atom is 0.194 e. The fourth-order valence-corrected chi connectivity index (χ4v) is 3.74. The summed E-state index contributed by atoms with van der Waals surface area (Å²) in [6, 6.07) is 8.88. The van der Waals surface area contributed by atoms with Crippen molar-refractivity contribution in [3.8, 4) is 0 Å². The van der Waals surface area contributed by atoms with E-state index in [1.54, 1.807) is 11.3 Å². The summed E-state index contributed by atoms with van der Waals surface area (Å²) in [4.78, 5) is 5.73. The van der Waals surface area contributed by atoms with E-state index < -0.39 is 0 Å². The van der Waals surface area contributed by atoms with Gasteiger partial charge >= 0.3 is 0 Å². The highest BCUT2D eigenvalue weighted by Crippen LogP contribution is 2.22. The second-order valence-corrected chi connectivity index (χ2v) is 6.43. The molecule has 21 heavy (non-hydrogen) atoms. The van der Waals surface area contributed by atoms with Crippen molar-refractivity contribution in [1.82, 2.24) is 14.7 Å². The Labute approximate surface area is 129 Å². The Morgan fingerprint density at radius 1 is 1.24 bits per heavy atom. The standard InChI is InChI=1S/C17H21N3S/c1-11-7-5-6-8-15(11)13(3)18-9-16-14(4)19-17-20(16)12(2)10-21-17/h5-8,10,13,18H,9H2,1-4H3. The summed E-state index contributed by atoms with van der Waals surface area (Å²) in [5.74, 6) is 0. The van der Waals surface area contributed by atoms with Gasteiger partial charge < -0.3 is 5.32 Å². The smallest absolute Gasteiger partial charge is 0.194 e. The molecule has 0 fully saturated rings. The first-order chi connectivity index (χ1) is 10.1. The Balaban J connectivity index is 1.82. The lowest BCUT2D eigenvalue weighted by molar-refractivity contribution is 0.561. The molecule has 1 unspecified atom stereocenters. The second kappa shape index (κ2) is 5.62. The molecule has 0 amide bonds. The lowest BCUT2D eigenvalue weighted by atomic mass is 10.0. The number of hydrogen-bond acceptors (Lipinski definition) is 3. The maximum atomic E-state index is 4.64. The molecule has 4 heteroatoms. The van der Waals surface area contributed by atoms with E-state index in [1.165, 1.54) is 22.5 Å². The third kappa shape index (κ3) is 2.61. The Kier molecular flexibility index (Phi) is 3.83. The van der Waals surface area contributed by atoms with Gasteiger partial charge in [0, 0.05) is 23.7 Å². The van der Waals surface area contributed by atoms with Crippen LogP contribution in [0.2, 0.25) is 0 Å². The molecule has 1 N–H and O–H groups in total. The van der Waals surface area contributed by atoms with Crippen molar-refractivity contribution in [2.75, 3.05) is 0 Å². The predicted octanol–water partition coefficient (Wildman–Crippen LogP) is 4.17. The van der Waals surface area contributed by atoms with Crippen LogP contribution in [0.25, 0.3) is 4.96 Å². The van der Waals surface area contributed by atoms with Crippen LogP contribution in [-0.2, 0) is 6.54 Å². The van der Waals surface area contributed by atoms with Crippen LogP contribution in [0.15, 0.2) is 29.6 Å². The number of rotatable bonds is 4. The van der Waals surface area contributed by atoms with Crippen LogP contribution >= 0.6 is 11.3 Å². The summed E-state index contributed by atoms with van der Waals surface area (Å²) in [5, 5.41) is 5.80. The number of aromatic nitrogens is 2. The molecule has 0 radical (unpaired) electrons. The molecule has 0 bridgehead atoms. The van der Waals surface area contributed by atoms with Crippen LogP contribution in [0, 0.1) is 20.8 Å². The number of aryl methyl sites for hydroxylation is 3. The van der Waals surface area contributed by atoms with E-state index in [2.05, 4.69) is 72.0 Å². The van der Waals surface area contributed by atoms with Crippen LogP contribution in [0.3, 0.4) is 0 Å². The van der Waals surface area contributed by atoms with Crippen LogP contribution in [0.5, 0.6) is 0 Å². The zero-order valence-corrected chi connectivity index (χ0v) is 13.8. The van der Waals surface area contributed by atoms with Gasteiger partial charge in [0.2, 0.25) is 0 Å². The predicted molar refractivity (Wildman–Crippen MR) is 89.0 cm³/mol. The van der Waals surface area contributed by atoms with Crippen LogP contribution in [0.1, 0.15) is 41.2 Å². The van der Waals surface area contributed by atoms with Gasteiger partial charge in [-0.1, -0.05) is 24.3 Å². The van der Waals surface area contributed by atoms with Crippen LogP contribution < -0.4 is 5.32 Å². The summed E-state index contributed by atoms with van der Waals surface area (Å²) >= 11 is 1.71. The highest BCUT2D eigenvalue weighted by molar-refractivity contribution is 7.15. The molecule has 0 saturated heterocycles. The summed E-state index contributed by atoms with van der Waals surface area (Å²) in [7, 11) is 0. The minimum Gasteiger partial charge on any atom is -0.305 e. The minimum absolute atomic E-state index is 0.329. The van der Waals surface area contributed by atoms with Gasteiger partial charge in [-0.25, -0.2) is 4.98 Å². The van der Waals surface area contributed by atoms with Gasteiger partial charge in [0.05, 0.1) is 11.4 Å². The molecule has 3 aromatic rings. The van der Waals surface area contributed by atoms with Crippen molar-refractivity contribution in [1.29, 1.82) is 0 Å². The molecule has 1 aromatic carbocycles. The van der Waals surface area contributed by atoms with Crippen molar-refractivity contribution in [2.24, 2.45) is 0 Å². The van der Waals surface area contributed by atoms with Gasteiger partial charge in [0.15, 0.2) is 4.96 Å². The van der Waals surface area contributed by atoms with Crippen LogP contribution in [0.4, 0.5) is 0 Å². The number of thiazole rings is 1. The maximum absolute atomic E-state index is 4.64. The van der Waals surface area contributed by atoms with Gasteiger partial charge in [0.25, 0.3) is 0 Å². The van der Waals surface area contributed by atoms with Crippen LogP contribution in [-0.4, -0.2) is 9.38 Å². The molecule has 2 aromatic heterocycles. The molecule has 0 aliphatic rings. The molecule has 0 spiro atoms. The molecule has 0 aliphatic carbocycles. The van der Waals surface area contributed by atoms with Crippen molar-refractivity contribution >= 4 is 16.3 Å². The highest BCUT2D eigenvalue weighted by atomic mass is 32.1. The quantitative estimate of drug-likeness (QED) is 0.783. The minimum atomic E-state index is 0.329. The Morgan fingerprint density at radius 3 is 2.76 bits per heavy atom. The average Bonchev–Trinajstić information content (AvgIpc) is 2.96. The van der Waals surface area contributed by atoms with E-state index in [0.717, 1.165) is 17.2 Å². The molecular formula is C17H21N3S. The number of hydrogen-bond donors (Lipinski definition) is 1. The molecule has 2 heterocycles. The first kappa shape index (κ1) is 14.3. The number of nitrogens with one attached hydrogen (secondary N) is 1. The van der Waals surface area contributed by atoms with E-state index in [1.807, 2.05) is 0 Å². The monoisotopic (exact) mass is 299 g/mol. The Morgan fingerprint density at radius 2 is 2.00 bits per heavy atom. The van der Waals surface area contributed by atoms with E-state index in [-0.39, 0.29) is 0 Å². The van der Waals surface area contributed by atoms with Crippen molar-refractivity contribution < 1.29 is 0 Å². The molecule has 0 aliphatic heterocycles. The van der Waals surface area contributed by atoms with Gasteiger partial charge in [-0.3, -0.25) is 4.40 Å². The fraction of sp³-hybridized carbons (Fsp3) is 0.353. The largest absolute Gasteiger partial charge is 0.305 e. The Bertz CT molecular complexity index is 770. The van der Waals surface area contributed by atoms with E-state index in [0.29, 0.717) is 6.04 Å². The van der Waals surface area contributed by atoms with E-state index >= 15 is 0 Å². The topological polar surface area (TPSA) is 29.3 Å². The third-order valence-corrected chi connectivity index (χ3v) is 5.00. The summed E-state index contributed by atoms with van der Waals surface area (Å²) in [6.07, 6.45) is 0. The van der Waals surface area contributed by atoms with Crippen molar-refractivity contribution in [3.05, 3.63) is 57.9 Å². The Hall–Kier alpha value is -1.65. The lowest BCUT2D eigenvalue weighted by Gasteiger charge is -2.16. The number of fused-ring (bicyclic) bond motifs is 1. The van der Waals surface area contributed by atoms with E-state index in [9.17, 15) is 0 Å². The van der Waals surface area contributed by atoms with E-state index in [4.69, 9.17) is 0 Å². The van der Waals surface area contributed by atoms with Gasteiger partial charge in [0.1, 0.15) is 0 Å². The first-order valence-electron chi connectivity index (χ1n) is 7.29. The summed E-state index contributed by atoms with van der Waals surface area (Å²) in [6.45, 7) is 9.45. The van der Waals surface area contributed by atoms with Gasteiger partial charge in [-0.05, 0) is 38.8 Å². The second-order valence-electron chi connectivity index (χ2n) is 5.60. The molecule has 110 valence electrons. The first-order valence-corrected chi connectivity index (χ1v) is 8.17. The van der Waals surface area contributed by atoms with Gasteiger partial charge in [-0.2, -0.15) is 0 Å². The third-order valence-electron chi connectivity index (χ3n) is 4.06. The molecule has 0 saturated carbocycles. The zero-order chi connectivity index (χ0) is 15.0. The zero-order valence-electron chi connectivity index (χ0n) is 13.0. The van der Waals surface area contributed by atoms with Gasteiger partial charge in [-0.15, -0.1) is 11.3 Å². The number of imidazole rings is 1. The summed E-state index contributed by atoms with van der Waals surface area (Å²) in [5.41, 5.74) is 6.34. The SMILES string of the molecule is Cc1ccccc1C(C)NCc1c(C)nc2scc(C)n12. The number of benzene rings is 1. The lowest BCUT2D eigenvalue weighted by Crippen LogP contribution is -2.20. The van der Waals surface area contributed by atoms with Crippen molar-refractivity contribution in [3.63, 3.8) is 0 Å². The normalized spacial score (nSPS) is 13.0. The summed E-state index contributed by atoms with van der Waals surface area (Å²) < 4.78 is 2.26. The molecule has 3 nitrogen and oxygen atoms in total. The molecule has 1 atom stereocenters. The van der Waals surface area contributed by atoms with Crippen molar-refractivity contribution in [2.45, 2.75) is 40.3 Å². The molecular weight excluding hydrogens is 278 g/mol. The fourth-order valence-electron chi connectivity index (χ4n) is 2.81. The molecule has 3 rings (SSSR count).